The van der Waals surface area contributed by atoms with E-state index in [9.17, 15) is 0 Å². The first-order valence-electron chi connectivity index (χ1n) is 6.02. The smallest absolute Gasteiger partial charge is 0.0915 e. The quantitative estimate of drug-likeness (QED) is 0.725. The number of rotatable bonds is 5. The molecule has 1 heterocycles. The zero-order valence-electron chi connectivity index (χ0n) is 10.5. The van der Waals surface area contributed by atoms with Crippen LogP contribution < -0.4 is 5.73 Å². The molecule has 2 N–H and O–H groups in total. The Morgan fingerprint density at radius 2 is 2.12 bits per heavy atom. The van der Waals surface area contributed by atoms with Gasteiger partial charge in [0.05, 0.1) is 5.60 Å². The number of ether oxygens (including phenoxy) is 1. The molecule has 0 unspecified atom stereocenters. The summed E-state index contributed by atoms with van der Waals surface area (Å²) in [7, 11) is 1.81. The van der Waals surface area contributed by atoms with Gasteiger partial charge in [0.15, 0.2) is 0 Å². The van der Waals surface area contributed by atoms with E-state index < -0.39 is 0 Å². The third-order valence-electron chi connectivity index (χ3n) is 3.60. The third kappa shape index (κ3) is 2.73. The number of hydrogen-bond acceptors (Lipinski definition) is 3. The molecule has 3 heteroatoms. The van der Waals surface area contributed by atoms with Crippen LogP contribution in [0.2, 0.25) is 0 Å². The molecule has 0 bridgehead atoms. The Morgan fingerprint density at radius 1 is 1.50 bits per heavy atom. The average molecular weight is 224 g/mol. The Bertz CT molecular complexity index is 253. The number of likely N-dealkylation sites (tertiary alicyclic amines) is 1. The summed E-state index contributed by atoms with van der Waals surface area (Å²) in [6, 6.07) is 0. The van der Waals surface area contributed by atoms with E-state index in [0.717, 1.165) is 32.4 Å². The Hall–Kier alpha value is -0.640. The molecule has 16 heavy (non-hydrogen) atoms. The maximum absolute atomic E-state index is 5.79. The second-order valence-electron chi connectivity index (χ2n) is 4.28. The number of piperidine rings is 1. The predicted molar refractivity (Wildman–Crippen MR) is 68.2 cm³/mol. The van der Waals surface area contributed by atoms with E-state index in [4.69, 9.17) is 10.5 Å². The van der Waals surface area contributed by atoms with E-state index in [-0.39, 0.29) is 5.60 Å². The van der Waals surface area contributed by atoms with Crippen molar-refractivity contribution in [2.45, 2.75) is 31.8 Å². The van der Waals surface area contributed by atoms with Crippen molar-refractivity contribution in [1.29, 1.82) is 0 Å². The molecule has 1 fully saturated rings. The highest BCUT2D eigenvalue weighted by Gasteiger charge is 2.36. The minimum Gasteiger partial charge on any atom is -0.374 e. The van der Waals surface area contributed by atoms with Gasteiger partial charge in [0, 0.05) is 26.9 Å². The first-order chi connectivity index (χ1) is 7.72. The molecule has 1 aliphatic rings. The molecule has 0 saturated carbocycles. The van der Waals surface area contributed by atoms with Crippen LogP contribution in [0.25, 0.3) is 0 Å². The monoisotopic (exact) mass is 224 g/mol. The molecule has 0 aromatic rings. The summed E-state index contributed by atoms with van der Waals surface area (Å²) in [4.78, 5) is 2.26. The van der Waals surface area contributed by atoms with Gasteiger partial charge in [0.25, 0.3) is 0 Å². The van der Waals surface area contributed by atoms with Gasteiger partial charge >= 0.3 is 0 Å². The topological polar surface area (TPSA) is 38.5 Å². The number of methoxy groups -OCH3 is 1. The first kappa shape index (κ1) is 13.4. The number of allylic oxidation sites excluding steroid dienone is 2. The van der Waals surface area contributed by atoms with Crippen LogP contribution in [-0.4, -0.2) is 37.4 Å². The van der Waals surface area contributed by atoms with Crippen molar-refractivity contribution in [3.05, 3.63) is 24.3 Å². The molecule has 0 atom stereocenters. The molecule has 0 aliphatic carbocycles. The number of nitrogens with zero attached hydrogens (tertiary/aromatic N) is 1. The second kappa shape index (κ2) is 6.18. The lowest BCUT2D eigenvalue weighted by Gasteiger charge is -2.42. The van der Waals surface area contributed by atoms with Gasteiger partial charge in [-0.1, -0.05) is 25.7 Å². The van der Waals surface area contributed by atoms with Crippen LogP contribution in [0.5, 0.6) is 0 Å². The van der Waals surface area contributed by atoms with Crippen LogP contribution in [0.3, 0.4) is 0 Å². The maximum Gasteiger partial charge on any atom is 0.0915 e. The fourth-order valence-corrected chi connectivity index (χ4v) is 2.49. The lowest BCUT2D eigenvalue weighted by atomic mass is 9.82. The number of nitrogens with two attached hydrogens (primary N) is 1. The van der Waals surface area contributed by atoms with Crippen molar-refractivity contribution in [2.24, 2.45) is 5.73 Å². The van der Waals surface area contributed by atoms with Gasteiger partial charge < -0.3 is 10.5 Å². The van der Waals surface area contributed by atoms with Crippen LogP contribution in [-0.2, 0) is 4.74 Å². The highest BCUT2D eigenvalue weighted by Crippen LogP contribution is 2.34. The van der Waals surface area contributed by atoms with Gasteiger partial charge in [-0.25, -0.2) is 0 Å². The summed E-state index contributed by atoms with van der Waals surface area (Å²) in [5, 5.41) is 0. The van der Waals surface area contributed by atoms with E-state index in [1.54, 1.807) is 0 Å². The van der Waals surface area contributed by atoms with Crippen molar-refractivity contribution in [3.63, 3.8) is 0 Å². The fourth-order valence-electron chi connectivity index (χ4n) is 2.49. The van der Waals surface area contributed by atoms with Crippen LogP contribution in [0, 0.1) is 0 Å². The molecule has 3 nitrogen and oxygen atoms in total. The summed E-state index contributed by atoms with van der Waals surface area (Å²) in [5.74, 6) is 0. The van der Waals surface area contributed by atoms with Gasteiger partial charge in [-0.3, -0.25) is 4.90 Å². The average Bonchev–Trinajstić information content (AvgIpc) is 2.36. The molecule has 1 aliphatic heterocycles. The Labute approximate surface area is 98.9 Å². The van der Waals surface area contributed by atoms with Crippen LogP contribution in [0.1, 0.15) is 26.2 Å². The zero-order chi connectivity index (χ0) is 12.0. The van der Waals surface area contributed by atoms with Crippen LogP contribution in [0.4, 0.5) is 0 Å². The van der Waals surface area contributed by atoms with Gasteiger partial charge in [-0.2, -0.15) is 0 Å². The lowest BCUT2D eigenvalue weighted by molar-refractivity contribution is -0.0300. The van der Waals surface area contributed by atoms with Crippen molar-refractivity contribution in [2.75, 3.05) is 26.9 Å². The van der Waals surface area contributed by atoms with Gasteiger partial charge in [0.1, 0.15) is 0 Å². The maximum atomic E-state index is 5.79. The molecular formula is C13H24N2O. The molecular weight excluding hydrogens is 200 g/mol. The van der Waals surface area contributed by atoms with Gasteiger partial charge in [0.2, 0.25) is 0 Å². The number of hydrogen-bond donors (Lipinski definition) is 1. The zero-order valence-corrected chi connectivity index (χ0v) is 10.5. The molecule has 0 amide bonds. The minimum absolute atomic E-state index is 0.0887. The molecule has 0 spiro atoms. The Morgan fingerprint density at radius 3 is 2.50 bits per heavy atom. The van der Waals surface area contributed by atoms with Crippen LogP contribution >= 0.6 is 0 Å². The van der Waals surface area contributed by atoms with E-state index in [1.807, 2.05) is 13.2 Å². The Balaban J connectivity index is 2.79. The van der Waals surface area contributed by atoms with Crippen molar-refractivity contribution < 1.29 is 4.74 Å². The van der Waals surface area contributed by atoms with E-state index >= 15 is 0 Å². The highest BCUT2D eigenvalue weighted by atomic mass is 16.5. The summed E-state index contributed by atoms with van der Waals surface area (Å²) >= 11 is 0. The molecule has 92 valence electrons. The largest absolute Gasteiger partial charge is 0.374 e. The molecule has 0 aromatic heterocycles. The van der Waals surface area contributed by atoms with Crippen molar-refractivity contribution in [1.82, 2.24) is 4.90 Å². The SMILES string of the molecule is C=C/C=C(\CC)C1(OC)CCN(CN)CC1. The van der Waals surface area contributed by atoms with Gasteiger partial charge in [-0.05, 0) is 24.8 Å². The van der Waals surface area contributed by atoms with Gasteiger partial charge in [-0.15, -0.1) is 0 Å². The van der Waals surface area contributed by atoms with Crippen molar-refractivity contribution >= 4 is 0 Å². The molecule has 1 saturated heterocycles. The normalized spacial score (nSPS) is 22.1. The first-order valence-corrected chi connectivity index (χ1v) is 6.02. The summed E-state index contributed by atoms with van der Waals surface area (Å²) < 4.78 is 5.79. The lowest BCUT2D eigenvalue weighted by Crippen LogP contribution is -2.48. The fraction of sp³-hybridized carbons (Fsp3) is 0.692. The minimum atomic E-state index is -0.0887. The Kier molecular flexibility index (Phi) is 5.19. The third-order valence-corrected chi connectivity index (χ3v) is 3.60. The van der Waals surface area contributed by atoms with E-state index in [1.165, 1.54) is 5.57 Å². The molecule has 1 rings (SSSR count). The molecule has 0 aromatic carbocycles. The predicted octanol–water partition coefficient (Wildman–Crippen LogP) is 1.91. The second-order valence-corrected chi connectivity index (χ2v) is 4.28. The summed E-state index contributed by atoms with van der Waals surface area (Å²) in [6.45, 7) is 8.62. The van der Waals surface area contributed by atoms with Crippen LogP contribution in [0.15, 0.2) is 24.3 Å². The van der Waals surface area contributed by atoms with Crippen molar-refractivity contribution in [3.8, 4) is 0 Å². The standard InChI is InChI=1S/C13H24N2O/c1-4-6-12(5-2)13(16-3)7-9-15(11-14)10-8-13/h4,6H,1,5,7-11,14H2,2-3H3/b12-6+. The summed E-state index contributed by atoms with van der Waals surface area (Å²) in [6.07, 6.45) is 7.02. The van der Waals surface area contributed by atoms with E-state index in [2.05, 4.69) is 24.5 Å². The van der Waals surface area contributed by atoms with E-state index in [0.29, 0.717) is 6.67 Å². The molecule has 0 radical (unpaired) electrons. The summed E-state index contributed by atoms with van der Waals surface area (Å²) in [5.41, 5.74) is 6.91. The highest BCUT2D eigenvalue weighted by molar-refractivity contribution is 5.22.